The third kappa shape index (κ3) is 5.37. The van der Waals surface area contributed by atoms with Gasteiger partial charge < -0.3 is 14.8 Å². The van der Waals surface area contributed by atoms with Gasteiger partial charge in [-0.15, -0.1) is 0 Å². The predicted molar refractivity (Wildman–Crippen MR) is 105 cm³/mol. The van der Waals surface area contributed by atoms with Crippen molar-refractivity contribution < 1.29 is 22.7 Å². The molecule has 27 heavy (non-hydrogen) atoms. The first kappa shape index (κ1) is 20.6. The second-order valence-electron chi connectivity index (χ2n) is 5.97. The summed E-state index contributed by atoms with van der Waals surface area (Å²) in [6.45, 7) is 1.95. The lowest BCUT2D eigenvalue weighted by atomic mass is 10.0. The van der Waals surface area contributed by atoms with Crippen molar-refractivity contribution >= 4 is 21.6 Å². The lowest BCUT2D eigenvalue weighted by molar-refractivity contribution is 0.0936. The molecular formula is C19H24N2O5S. The number of hydrogen-bond acceptors (Lipinski definition) is 5. The lowest BCUT2D eigenvalue weighted by Crippen LogP contribution is -2.29. The zero-order valence-electron chi connectivity index (χ0n) is 15.8. The second-order valence-corrected chi connectivity index (χ2v) is 7.72. The van der Waals surface area contributed by atoms with E-state index in [0.717, 1.165) is 11.8 Å². The quantitative estimate of drug-likeness (QED) is 0.720. The first-order chi connectivity index (χ1) is 12.8. The molecular weight excluding hydrogens is 368 g/mol. The number of para-hydroxylation sites is 1. The van der Waals surface area contributed by atoms with Crippen molar-refractivity contribution in [3.63, 3.8) is 0 Å². The first-order valence-electron chi connectivity index (χ1n) is 8.38. The van der Waals surface area contributed by atoms with E-state index in [1.54, 1.807) is 44.6 Å². The summed E-state index contributed by atoms with van der Waals surface area (Å²) in [5.41, 5.74) is 1.35. The van der Waals surface area contributed by atoms with Crippen molar-refractivity contribution in [3.8, 4) is 11.5 Å². The summed E-state index contributed by atoms with van der Waals surface area (Å²) in [5, 5.41) is 2.94. The number of methoxy groups -OCH3 is 2. The Kier molecular flexibility index (Phi) is 6.68. The van der Waals surface area contributed by atoms with Gasteiger partial charge in [0, 0.05) is 0 Å². The number of carbonyl (C=O) groups is 1. The molecule has 0 radical (unpaired) electrons. The van der Waals surface area contributed by atoms with Gasteiger partial charge in [0.2, 0.25) is 10.0 Å². The number of carbonyl (C=O) groups excluding carboxylic acids is 1. The van der Waals surface area contributed by atoms with Gasteiger partial charge in [0.1, 0.15) is 0 Å². The molecule has 1 amide bonds. The van der Waals surface area contributed by atoms with Crippen LogP contribution >= 0.6 is 0 Å². The molecule has 0 saturated carbocycles. The Hall–Kier alpha value is -2.74. The van der Waals surface area contributed by atoms with E-state index in [9.17, 15) is 13.2 Å². The summed E-state index contributed by atoms with van der Waals surface area (Å²) in [6, 6.07) is 11.6. The zero-order chi connectivity index (χ0) is 20.0. The van der Waals surface area contributed by atoms with Crippen LogP contribution in [0.5, 0.6) is 11.5 Å². The van der Waals surface area contributed by atoms with Gasteiger partial charge in [-0.2, -0.15) is 0 Å². The van der Waals surface area contributed by atoms with E-state index in [1.807, 2.05) is 19.1 Å². The molecule has 0 bridgehead atoms. The number of ether oxygens (including phenoxy) is 2. The number of amides is 1. The molecule has 0 heterocycles. The molecule has 0 spiro atoms. The maximum atomic E-state index is 12.8. The Morgan fingerprint density at radius 1 is 1.07 bits per heavy atom. The summed E-state index contributed by atoms with van der Waals surface area (Å²) in [5.74, 6) is 0.801. The average molecular weight is 392 g/mol. The fraction of sp³-hybridized carbons (Fsp3) is 0.316. The molecule has 1 atom stereocenters. The first-order valence-corrected chi connectivity index (χ1v) is 10.3. The summed E-state index contributed by atoms with van der Waals surface area (Å²) in [4.78, 5) is 12.8. The molecule has 0 aromatic heterocycles. The van der Waals surface area contributed by atoms with Crippen molar-refractivity contribution in [2.75, 3.05) is 25.2 Å². The van der Waals surface area contributed by atoms with Crippen LogP contribution in [-0.4, -0.2) is 34.8 Å². The number of nitrogens with one attached hydrogen (secondary N) is 2. The van der Waals surface area contributed by atoms with Crippen LogP contribution in [0.15, 0.2) is 42.5 Å². The van der Waals surface area contributed by atoms with Crippen molar-refractivity contribution in [3.05, 3.63) is 53.6 Å². The van der Waals surface area contributed by atoms with Gasteiger partial charge in [-0.25, -0.2) is 8.42 Å². The highest BCUT2D eigenvalue weighted by Gasteiger charge is 2.19. The van der Waals surface area contributed by atoms with E-state index >= 15 is 0 Å². The van der Waals surface area contributed by atoms with Gasteiger partial charge in [0.05, 0.1) is 37.8 Å². The van der Waals surface area contributed by atoms with Crippen LogP contribution in [0.3, 0.4) is 0 Å². The minimum absolute atomic E-state index is 0.236. The molecule has 0 fully saturated rings. The Bertz CT molecular complexity index is 912. The third-order valence-electron chi connectivity index (χ3n) is 3.99. The molecule has 0 unspecified atom stereocenters. The molecule has 146 valence electrons. The Morgan fingerprint density at radius 3 is 2.33 bits per heavy atom. The fourth-order valence-corrected chi connectivity index (χ4v) is 3.27. The van der Waals surface area contributed by atoms with E-state index in [1.165, 1.54) is 0 Å². The maximum absolute atomic E-state index is 12.8. The maximum Gasteiger partial charge on any atom is 0.253 e. The molecule has 0 aliphatic rings. The van der Waals surface area contributed by atoms with Gasteiger partial charge in [-0.05, 0) is 36.2 Å². The number of benzene rings is 2. The Labute approximate surface area is 159 Å². The molecule has 8 heteroatoms. The molecule has 2 rings (SSSR count). The SMILES string of the molecule is CC[C@@H](NC(=O)c1ccccc1NS(C)(=O)=O)c1ccc(OC)c(OC)c1. The topological polar surface area (TPSA) is 93.7 Å². The summed E-state index contributed by atoms with van der Waals surface area (Å²) in [6.07, 6.45) is 1.68. The van der Waals surface area contributed by atoms with Crippen molar-refractivity contribution in [2.45, 2.75) is 19.4 Å². The molecule has 2 aromatic carbocycles. The van der Waals surface area contributed by atoms with Crippen molar-refractivity contribution in [1.29, 1.82) is 0 Å². The molecule has 2 N–H and O–H groups in total. The van der Waals surface area contributed by atoms with Gasteiger partial charge >= 0.3 is 0 Å². The van der Waals surface area contributed by atoms with Crippen LogP contribution < -0.4 is 19.5 Å². The van der Waals surface area contributed by atoms with Crippen LogP contribution in [0.1, 0.15) is 35.3 Å². The number of hydrogen-bond donors (Lipinski definition) is 2. The molecule has 0 saturated heterocycles. The highest BCUT2D eigenvalue weighted by molar-refractivity contribution is 7.92. The van der Waals surface area contributed by atoms with Crippen LogP contribution in [-0.2, 0) is 10.0 Å². The molecule has 2 aromatic rings. The number of sulfonamides is 1. The highest BCUT2D eigenvalue weighted by atomic mass is 32.2. The summed E-state index contributed by atoms with van der Waals surface area (Å²) >= 11 is 0. The minimum atomic E-state index is -3.50. The third-order valence-corrected chi connectivity index (χ3v) is 4.58. The summed E-state index contributed by atoms with van der Waals surface area (Å²) in [7, 11) is -0.389. The smallest absolute Gasteiger partial charge is 0.253 e. The average Bonchev–Trinajstić information content (AvgIpc) is 2.64. The number of rotatable bonds is 8. The van der Waals surface area contributed by atoms with Crippen molar-refractivity contribution in [1.82, 2.24) is 5.32 Å². The predicted octanol–water partition coefficient (Wildman–Crippen LogP) is 2.96. The molecule has 7 nitrogen and oxygen atoms in total. The summed E-state index contributed by atoms with van der Waals surface area (Å²) < 4.78 is 36.0. The van der Waals surface area contributed by atoms with Gasteiger partial charge in [0.25, 0.3) is 5.91 Å². The van der Waals surface area contributed by atoms with Crippen LogP contribution in [0.4, 0.5) is 5.69 Å². The largest absolute Gasteiger partial charge is 0.493 e. The Morgan fingerprint density at radius 2 is 1.74 bits per heavy atom. The highest BCUT2D eigenvalue weighted by Crippen LogP contribution is 2.31. The van der Waals surface area contributed by atoms with E-state index in [4.69, 9.17) is 9.47 Å². The van der Waals surface area contributed by atoms with Gasteiger partial charge in [-0.1, -0.05) is 25.1 Å². The van der Waals surface area contributed by atoms with E-state index in [2.05, 4.69) is 10.0 Å². The molecule has 0 aliphatic carbocycles. The lowest BCUT2D eigenvalue weighted by Gasteiger charge is -2.20. The fourth-order valence-electron chi connectivity index (χ4n) is 2.70. The van der Waals surface area contributed by atoms with E-state index in [-0.39, 0.29) is 23.2 Å². The Balaban J connectivity index is 2.28. The monoisotopic (exact) mass is 392 g/mol. The normalized spacial score (nSPS) is 12.1. The standard InChI is InChI=1S/C19H24N2O5S/c1-5-15(13-10-11-17(25-2)18(12-13)26-3)20-19(22)14-8-6-7-9-16(14)21-27(4,23)24/h6-12,15,21H,5H2,1-4H3,(H,20,22)/t15-/m1/s1. The van der Waals surface area contributed by atoms with Gasteiger partial charge in [0.15, 0.2) is 11.5 Å². The molecule has 0 aliphatic heterocycles. The van der Waals surface area contributed by atoms with Crippen LogP contribution in [0.2, 0.25) is 0 Å². The van der Waals surface area contributed by atoms with E-state index < -0.39 is 10.0 Å². The van der Waals surface area contributed by atoms with Crippen LogP contribution in [0.25, 0.3) is 0 Å². The van der Waals surface area contributed by atoms with Gasteiger partial charge in [-0.3, -0.25) is 9.52 Å². The second kappa shape index (κ2) is 8.77. The van der Waals surface area contributed by atoms with Crippen LogP contribution in [0, 0.1) is 0 Å². The minimum Gasteiger partial charge on any atom is -0.493 e. The van der Waals surface area contributed by atoms with Crippen molar-refractivity contribution in [2.24, 2.45) is 0 Å². The number of anilines is 1. The van der Waals surface area contributed by atoms with E-state index in [0.29, 0.717) is 17.9 Å². The zero-order valence-corrected chi connectivity index (χ0v) is 16.6.